The number of aromatic nitrogens is 1. The molecule has 1 N–H and O–H groups in total. The fraction of sp³-hybridized carbons (Fsp3) is 0.625. The Hall–Kier alpha value is -0.320. The first-order valence-electron chi connectivity index (χ1n) is 4.27. The number of nitrogens with zero attached hydrogens (tertiary/aromatic N) is 1. The number of hydrogen-bond donors (Lipinski definition) is 1. The van der Waals surface area contributed by atoms with Gasteiger partial charge >= 0.3 is 0 Å². The summed E-state index contributed by atoms with van der Waals surface area (Å²) < 4.78 is 5.99. The van der Waals surface area contributed by atoms with Gasteiger partial charge in [-0.2, -0.15) is 0 Å². The number of thiazole rings is 1. The lowest BCUT2D eigenvalue weighted by molar-refractivity contribution is 0.187. The molecule has 1 aliphatic heterocycles. The summed E-state index contributed by atoms with van der Waals surface area (Å²) in [5.74, 6) is 0.627. The van der Waals surface area contributed by atoms with E-state index in [9.17, 15) is 0 Å². The highest BCUT2D eigenvalue weighted by Crippen LogP contribution is 2.23. The third-order valence-electron chi connectivity index (χ3n) is 2.04. The molecule has 0 aliphatic carbocycles. The molecular formula is C8H11ClN2OS. The minimum Gasteiger partial charge on any atom is -0.381 e. The summed E-state index contributed by atoms with van der Waals surface area (Å²) in [4.78, 5) is 4.11. The van der Waals surface area contributed by atoms with Crippen LogP contribution in [-0.4, -0.2) is 24.7 Å². The van der Waals surface area contributed by atoms with E-state index in [1.54, 1.807) is 6.20 Å². The molecule has 1 fully saturated rings. The Bertz CT molecular complexity index is 273. The average molecular weight is 219 g/mol. The van der Waals surface area contributed by atoms with Crippen molar-refractivity contribution in [2.45, 2.75) is 6.42 Å². The lowest BCUT2D eigenvalue weighted by Crippen LogP contribution is -2.13. The molecule has 72 valence electrons. The van der Waals surface area contributed by atoms with Gasteiger partial charge in [0.2, 0.25) is 0 Å². The van der Waals surface area contributed by atoms with Gasteiger partial charge in [-0.15, -0.1) is 0 Å². The maximum Gasteiger partial charge on any atom is 0.184 e. The quantitative estimate of drug-likeness (QED) is 0.845. The maximum atomic E-state index is 5.75. The molecular weight excluding hydrogens is 208 g/mol. The van der Waals surface area contributed by atoms with Crippen LogP contribution in [0, 0.1) is 5.92 Å². The van der Waals surface area contributed by atoms with E-state index in [4.69, 9.17) is 16.3 Å². The zero-order chi connectivity index (χ0) is 9.10. The average Bonchev–Trinajstić information content (AvgIpc) is 2.71. The van der Waals surface area contributed by atoms with Crippen molar-refractivity contribution < 1.29 is 4.74 Å². The minimum atomic E-state index is 0.627. The van der Waals surface area contributed by atoms with Crippen LogP contribution in [-0.2, 0) is 4.74 Å². The van der Waals surface area contributed by atoms with Crippen LogP contribution in [0.4, 0.5) is 5.13 Å². The second-order valence-corrected chi connectivity index (χ2v) is 4.74. The molecule has 1 atom stereocenters. The predicted octanol–water partition coefficient (Wildman–Crippen LogP) is 2.24. The fourth-order valence-corrected chi connectivity index (χ4v) is 2.13. The SMILES string of the molecule is Clc1cnc(NCC2CCOC2)s1. The summed E-state index contributed by atoms with van der Waals surface area (Å²) in [5.41, 5.74) is 0. The third kappa shape index (κ3) is 2.56. The molecule has 0 saturated carbocycles. The van der Waals surface area contributed by atoms with Gasteiger partial charge in [-0.1, -0.05) is 22.9 Å². The highest BCUT2D eigenvalue weighted by atomic mass is 35.5. The third-order valence-corrected chi connectivity index (χ3v) is 3.12. The maximum absolute atomic E-state index is 5.75. The van der Waals surface area contributed by atoms with Gasteiger partial charge in [-0.3, -0.25) is 0 Å². The number of hydrogen-bond acceptors (Lipinski definition) is 4. The number of nitrogens with one attached hydrogen (secondary N) is 1. The summed E-state index contributed by atoms with van der Waals surface area (Å²) >= 11 is 7.22. The zero-order valence-corrected chi connectivity index (χ0v) is 8.70. The predicted molar refractivity (Wildman–Crippen MR) is 54.5 cm³/mol. The highest BCUT2D eigenvalue weighted by Gasteiger charge is 2.15. The molecule has 3 nitrogen and oxygen atoms in total. The number of rotatable bonds is 3. The van der Waals surface area contributed by atoms with Crippen LogP contribution in [0.25, 0.3) is 0 Å². The van der Waals surface area contributed by atoms with Crippen LogP contribution in [0.15, 0.2) is 6.20 Å². The van der Waals surface area contributed by atoms with E-state index in [1.807, 2.05) is 0 Å². The summed E-state index contributed by atoms with van der Waals surface area (Å²) in [5, 5.41) is 4.15. The van der Waals surface area contributed by atoms with Gasteiger partial charge in [0.25, 0.3) is 0 Å². The Kier molecular flexibility index (Phi) is 3.03. The van der Waals surface area contributed by atoms with Crippen molar-refractivity contribution in [2.24, 2.45) is 5.92 Å². The standard InChI is InChI=1S/C8H11ClN2OS/c9-7-4-11-8(13-7)10-3-6-1-2-12-5-6/h4,6H,1-3,5H2,(H,10,11). The molecule has 1 saturated heterocycles. The van der Waals surface area contributed by atoms with Crippen LogP contribution < -0.4 is 5.32 Å². The Morgan fingerprint density at radius 3 is 3.31 bits per heavy atom. The first kappa shape index (κ1) is 9.24. The van der Waals surface area contributed by atoms with Crippen LogP contribution in [0.1, 0.15) is 6.42 Å². The van der Waals surface area contributed by atoms with Gasteiger partial charge in [0.05, 0.1) is 12.8 Å². The van der Waals surface area contributed by atoms with Crippen molar-refractivity contribution in [1.82, 2.24) is 4.98 Å². The molecule has 0 bridgehead atoms. The molecule has 1 unspecified atom stereocenters. The first-order chi connectivity index (χ1) is 6.34. The van der Waals surface area contributed by atoms with E-state index in [0.717, 1.165) is 35.6 Å². The smallest absolute Gasteiger partial charge is 0.184 e. The van der Waals surface area contributed by atoms with E-state index >= 15 is 0 Å². The van der Waals surface area contributed by atoms with Gasteiger partial charge in [-0.05, 0) is 6.42 Å². The Morgan fingerprint density at radius 2 is 2.69 bits per heavy atom. The van der Waals surface area contributed by atoms with Crippen molar-refractivity contribution in [1.29, 1.82) is 0 Å². The van der Waals surface area contributed by atoms with Gasteiger partial charge in [0, 0.05) is 19.1 Å². The Labute approximate surface area is 86.1 Å². The first-order valence-corrected chi connectivity index (χ1v) is 5.47. The van der Waals surface area contributed by atoms with Gasteiger partial charge < -0.3 is 10.1 Å². The normalized spacial score (nSPS) is 22.1. The topological polar surface area (TPSA) is 34.2 Å². The molecule has 2 rings (SSSR count). The van der Waals surface area contributed by atoms with Crippen molar-refractivity contribution in [2.75, 3.05) is 25.1 Å². The summed E-state index contributed by atoms with van der Waals surface area (Å²) in [6.45, 7) is 2.70. The van der Waals surface area contributed by atoms with Gasteiger partial charge in [-0.25, -0.2) is 4.98 Å². The number of halogens is 1. The molecule has 1 aliphatic rings. The second-order valence-electron chi connectivity index (χ2n) is 3.08. The van der Waals surface area contributed by atoms with E-state index in [1.165, 1.54) is 11.3 Å². The van der Waals surface area contributed by atoms with Crippen LogP contribution >= 0.6 is 22.9 Å². The van der Waals surface area contributed by atoms with Gasteiger partial charge in [0.15, 0.2) is 5.13 Å². The fourth-order valence-electron chi connectivity index (χ4n) is 1.31. The highest BCUT2D eigenvalue weighted by molar-refractivity contribution is 7.19. The van der Waals surface area contributed by atoms with Gasteiger partial charge in [0.1, 0.15) is 4.34 Å². The van der Waals surface area contributed by atoms with E-state index < -0.39 is 0 Å². The summed E-state index contributed by atoms with van der Waals surface area (Å²) in [6, 6.07) is 0. The van der Waals surface area contributed by atoms with E-state index in [0.29, 0.717) is 5.92 Å². The summed E-state index contributed by atoms with van der Waals surface area (Å²) in [7, 11) is 0. The van der Waals surface area contributed by atoms with Crippen molar-refractivity contribution in [3.8, 4) is 0 Å². The summed E-state index contributed by atoms with van der Waals surface area (Å²) in [6.07, 6.45) is 2.81. The molecule has 2 heterocycles. The molecule has 0 radical (unpaired) electrons. The number of ether oxygens (including phenoxy) is 1. The molecule has 13 heavy (non-hydrogen) atoms. The molecule has 1 aromatic heterocycles. The monoisotopic (exact) mass is 218 g/mol. The second kappa shape index (κ2) is 4.26. The van der Waals surface area contributed by atoms with Crippen molar-refractivity contribution >= 4 is 28.1 Å². The molecule has 0 aromatic carbocycles. The van der Waals surface area contributed by atoms with Crippen molar-refractivity contribution in [3.63, 3.8) is 0 Å². The van der Waals surface area contributed by atoms with Crippen LogP contribution in [0.3, 0.4) is 0 Å². The van der Waals surface area contributed by atoms with Crippen molar-refractivity contribution in [3.05, 3.63) is 10.5 Å². The lowest BCUT2D eigenvalue weighted by Gasteiger charge is -2.06. The van der Waals surface area contributed by atoms with Crippen LogP contribution in [0.5, 0.6) is 0 Å². The zero-order valence-electron chi connectivity index (χ0n) is 7.12. The van der Waals surface area contributed by atoms with Crippen LogP contribution in [0.2, 0.25) is 4.34 Å². The number of anilines is 1. The lowest BCUT2D eigenvalue weighted by atomic mass is 10.1. The van der Waals surface area contributed by atoms with E-state index in [2.05, 4.69) is 10.3 Å². The Morgan fingerprint density at radius 1 is 1.77 bits per heavy atom. The molecule has 0 amide bonds. The Balaban J connectivity index is 1.78. The molecule has 0 spiro atoms. The van der Waals surface area contributed by atoms with E-state index in [-0.39, 0.29) is 0 Å². The largest absolute Gasteiger partial charge is 0.381 e. The minimum absolute atomic E-state index is 0.627. The molecule has 5 heteroatoms. The molecule has 1 aromatic rings.